The van der Waals surface area contributed by atoms with E-state index in [2.05, 4.69) is 170 Å². The Bertz CT molecular complexity index is 2990. The lowest BCUT2D eigenvalue weighted by Crippen LogP contribution is -2.28. The van der Waals surface area contributed by atoms with Gasteiger partial charge in [-0.1, -0.05) is 170 Å². The lowest BCUT2D eigenvalue weighted by Gasteiger charge is -2.34. The minimum absolute atomic E-state index is 0.547. The Kier molecular flexibility index (Phi) is 6.77. The van der Waals surface area contributed by atoms with Gasteiger partial charge < -0.3 is 4.42 Å². The highest BCUT2D eigenvalue weighted by Gasteiger charge is 2.46. The average molecular weight is 689 g/mol. The Labute approximate surface area is 312 Å². The van der Waals surface area contributed by atoms with Gasteiger partial charge in [0.15, 0.2) is 5.82 Å². The minimum Gasteiger partial charge on any atom is -0.456 e. The molecule has 0 radical (unpaired) electrons. The first kappa shape index (κ1) is 30.5. The molecule has 0 spiro atoms. The molecule has 0 amide bonds. The molecule has 3 heteroatoms. The summed E-state index contributed by atoms with van der Waals surface area (Å²) in [6.07, 6.45) is 0. The first-order chi connectivity index (χ1) is 26.8. The van der Waals surface area contributed by atoms with Gasteiger partial charge in [-0.2, -0.15) is 0 Å². The van der Waals surface area contributed by atoms with Gasteiger partial charge in [0.05, 0.1) is 16.6 Å². The molecule has 0 unspecified atom stereocenters. The lowest BCUT2D eigenvalue weighted by molar-refractivity contribution is 0.668. The highest BCUT2D eigenvalue weighted by atomic mass is 16.3. The van der Waals surface area contributed by atoms with Crippen molar-refractivity contribution in [2.75, 3.05) is 0 Å². The largest absolute Gasteiger partial charge is 0.456 e. The van der Waals surface area contributed by atoms with Crippen LogP contribution in [-0.2, 0) is 5.41 Å². The summed E-state index contributed by atoms with van der Waals surface area (Å²) in [5.41, 5.74) is 15.0. The normalized spacial score (nSPS) is 13.0. The predicted octanol–water partition coefficient (Wildman–Crippen LogP) is 12.9. The number of hydrogen-bond acceptors (Lipinski definition) is 3. The van der Waals surface area contributed by atoms with Crippen LogP contribution in [0.3, 0.4) is 0 Å². The number of hydrogen-bond donors (Lipinski definition) is 0. The summed E-state index contributed by atoms with van der Waals surface area (Å²) in [5, 5.41) is 3.28. The van der Waals surface area contributed by atoms with Crippen LogP contribution in [-0.4, -0.2) is 9.97 Å². The molecule has 0 atom stereocenters. The lowest BCUT2D eigenvalue weighted by atomic mass is 9.67. The summed E-state index contributed by atoms with van der Waals surface area (Å²) < 4.78 is 6.30. The molecular weight excluding hydrogens is 657 g/mol. The second-order valence-electron chi connectivity index (χ2n) is 14.1. The van der Waals surface area contributed by atoms with Crippen molar-refractivity contribution in [3.63, 3.8) is 0 Å². The zero-order valence-corrected chi connectivity index (χ0v) is 29.3. The second kappa shape index (κ2) is 12.0. The van der Waals surface area contributed by atoms with Crippen LogP contribution in [0.2, 0.25) is 0 Å². The summed E-state index contributed by atoms with van der Waals surface area (Å²) in [4.78, 5) is 10.4. The van der Waals surface area contributed by atoms with E-state index in [1.165, 1.54) is 44.5 Å². The van der Waals surface area contributed by atoms with E-state index in [4.69, 9.17) is 14.4 Å². The zero-order chi connectivity index (χ0) is 35.6. The average Bonchev–Trinajstić information content (AvgIpc) is 3.77. The van der Waals surface area contributed by atoms with Crippen molar-refractivity contribution in [3.05, 3.63) is 216 Å². The molecule has 0 bridgehead atoms. The highest BCUT2D eigenvalue weighted by Crippen LogP contribution is 2.56. The van der Waals surface area contributed by atoms with Crippen molar-refractivity contribution in [1.29, 1.82) is 0 Å². The molecule has 54 heavy (non-hydrogen) atoms. The predicted molar refractivity (Wildman–Crippen MR) is 220 cm³/mol. The fourth-order valence-corrected chi connectivity index (χ4v) is 8.73. The van der Waals surface area contributed by atoms with Gasteiger partial charge in [-0.3, -0.25) is 0 Å². The van der Waals surface area contributed by atoms with E-state index in [9.17, 15) is 0 Å². The molecule has 0 saturated heterocycles. The Morgan fingerprint density at radius 2 is 0.926 bits per heavy atom. The Morgan fingerprint density at radius 1 is 0.370 bits per heavy atom. The molecule has 0 N–H and O–H groups in total. The number of aromatic nitrogens is 2. The fraction of sp³-hybridized carbons (Fsp3) is 0.0196. The maximum Gasteiger partial charge on any atom is 0.160 e. The van der Waals surface area contributed by atoms with E-state index < -0.39 is 5.41 Å². The van der Waals surface area contributed by atoms with E-state index in [-0.39, 0.29) is 0 Å². The van der Waals surface area contributed by atoms with Gasteiger partial charge in [0.25, 0.3) is 0 Å². The molecule has 0 aliphatic heterocycles. The zero-order valence-electron chi connectivity index (χ0n) is 29.3. The summed E-state index contributed by atoms with van der Waals surface area (Å²) in [6.45, 7) is 0. The molecule has 0 fully saturated rings. The van der Waals surface area contributed by atoms with Crippen molar-refractivity contribution in [2.24, 2.45) is 0 Å². The molecule has 8 aromatic carbocycles. The van der Waals surface area contributed by atoms with Crippen LogP contribution in [0.15, 0.2) is 199 Å². The molecule has 2 aromatic heterocycles. The summed E-state index contributed by atoms with van der Waals surface area (Å²) in [6, 6.07) is 69.2. The molecule has 3 nitrogen and oxygen atoms in total. The van der Waals surface area contributed by atoms with Gasteiger partial charge in [-0.25, -0.2) is 9.97 Å². The Morgan fingerprint density at radius 3 is 1.69 bits per heavy atom. The molecule has 1 aliphatic rings. The van der Waals surface area contributed by atoms with Gasteiger partial charge >= 0.3 is 0 Å². The van der Waals surface area contributed by atoms with Crippen LogP contribution in [0.5, 0.6) is 0 Å². The van der Waals surface area contributed by atoms with Gasteiger partial charge in [0.2, 0.25) is 0 Å². The van der Waals surface area contributed by atoms with Gasteiger partial charge in [0, 0.05) is 27.3 Å². The first-order valence-electron chi connectivity index (χ1n) is 18.4. The fourth-order valence-electron chi connectivity index (χ4n) is 8.73. The van der Waals surface area contributed by atoms with Crippen LogP contribution in [0.4, 0.5) is 0 Å². The molecule has 1 aliphatic carbocycles. The number of benzene rings is 8. The standard InChI is InChI=1S/C51H32N2O/c1-2-12-33(13-3-1)34-22-24-35(25-23-34)49-42-17-6-10-20-46(42)52-50(53-49)36-26-28-37(29-27-36)51(44-18-8-4-14-39(44)40-15-5-9-19-45(40)51)38-30-31-48-43(32-38)41-16-7-11-21-47(41)54-48/h1-32H. The Balaban J connectivity index is 1.08. The molecule has 252 valence electrons. The summed E-state index contributed by atoms with van der Waals surface area (Å²) in [7, 11) is 0. The molecule has 2 heterocycles. The molecule has 11 rings (SSSR count). The van der Waals surface area contributed by atoms with Crippen molar-refractivity contribution in [3.8, 4) is 44.9 Å². The van der Waals surface area contributed by atoms with Crippen LogP contribution in [0.25, 0.3) is 77.7 Å². The van der Waals surface area contributed by atoms with Crippen LogP contribution in [0, 0.1) is 0 Å². The van der Waals surface area contributed by atoms with Crippen molar-refractivity contribution < 1.29 is 4.42 Å². The van der Waals surface area contributed by atoms with E-state index in [0.717, 1.165) is 49.7 Å². The van der Waals surface area contributed by atoms with E-state index in [0.29, 0.717) is 5.82 Å². The maximum absolute atomic E-state index is 6.30. The van der Waals surface area contributed by atoms with Crippen LogP contribution in [0.1, 0.15) is 22.3 Å². The third-order valence-corrected chi connectivity index (χ3v) is 11.2. The summed E-state index contributed by atoms with van der Waals surface area (Å²) in [5.74, 6) is 0.704. The SMILES string of the molecule is c1ccc(-c2ccc(-c3nc(-c4ccc(C5(c6ccc7oc8ccccc8c7c6)c6ccccc6-c6ccccc65)cc4)nc4ccccc34)cc2)cc1. The van der Waals surface area contributed by atoms with Crippen molar-refractivity contribution >= 4 is 32.8 Å². The number of para-hydroxylation sites is 2. The number of rotatable bonds is 5. The van der Waals surface area contributed by atoms with Gasteiger partial charge in [-0.05, 0) is 68.8 Å². The molecule has 10 aromatic rings. The third-order valence-electron chi connectivity index (χ3n) is 11.2. The highest BCUT2D eigenvalue weighted by molar-refractivity contribution is 6.05. The van der Waals surface area contributed by atoms with Crippen molar-refractivity contribution in [2.45, 2.75) is 5.41 Å². The topological polar surface area (TPSA) is 38.9 Å². The van der Waals surface area contributed by atoms with E-state index in [1.54, 1.807) is 0 Å². The van der Waals surface area contributed by atoms with Crippen LogP contribution < -0.4 is 0 Å². The van der Waals surface area contributed by atoms with Gasteiger partial charge in [-0.15, -0.1) is 0 Å². The molecular formula is C51H32N2O. The van der Waals surface area contributed by atoms with Crippen LogP contribution >= 0.6 is 0 Å². The summed E-state index contributed by atoms with van der Waals surface area (Å²) >= 11 is 0. The monoisotopic (exact) mass is 688 g/mol. The van der Waals surface area contributed by atoms with E-state index in [1.807, 2.05) is 24.3 Å². The third kappa shape index (κ3) is 4.55. The number of nitrogens with zero attached hydrogens (tertiary/aromatic N) is 2. The van der Waals surface area contributed by atoms with E-state index >= 15 is 0 Å². The maximum atomic E-state index is 6.30. The van der Waals surface area contributed by atoms with Crippen molar-refractivity contribution in [1.82, 2.24) is 9.97 Å². The number of fused-ring (bicyclic) bond motifs is 7. The van der Waals surface area contributed by atoms with Gasteiger partial charge in [0.1, 0.15) is 11.2 Å². The first-order valence-corrected chi connectivity index (χ1v) is 18.4. The quantitative estimate of drug-likeness (QED) is 0.181. The number of furan rings is 1. The minimum atomic E-state index is -0.547. The Hall–Kier alpha value is -7.10. The molecule has 0 saturated carbocycles. The second-order valence-corrected chi connectivity index (χ2v) is 14.1. The smallest absolute Gasteiger partial charge is 0.160 e.